The molecule has 0 aliphatic heterocycles. The van der Waals surface area contributed by atoms with E-state index >= 15 is 0 Å². The minimum absolute atomic E-state index is 0.179. The number of benzene rings is 1. The molecule has 5 N–H and O–H groups in total. The molecule has 164 valence electrons. The lowest BCUT2D eigenvalue weighted by atomic mass is 10.1. The Bertz CT molecular complexity index is 1080. The molecule has 2 aromatic heterocycles. The third-order valence-electron chi connectivity index (χ3n) is 5.03. The highest BCUT2D eigenvalue weighted by molar-refractivity contribution is 7.99. The van der Waals surface area contributed by atoms with Crippen LogP contribution in [0.15, 0.2) is 35.5 Å². The maximum Gasteiger partial charge on any atom is 0.251 e. The van der Waals surface area contributed by atoms with Crippen molar-refractivity contribution in [3.63, 3.8) is 0 Å². The van der Waals surface area contributed by atoms with E-state index < -0.39 is 11.9 Å². The minimum atomic E-state index is -0.613. The molecular formula is C21H26N6O2S2. The molecular weight excluding hydrogens is 432 g/mol. The van der Waals surface area contributed by atoms with Crippen LogP contribution in [0.3, 0.4) is 0 Å². The highest BCUT2D eigenvalue weighted by Crippen LogP contribution is 2.33. The van der Waals surface area contributed by atoms with E-state index in [1.54, 1.807) is 4.57 Å². The van der Waals surface area contributed by atoms with Gasteiger partial charge in [0.05, 0.1) is 5.56 Å². The van der Waals surface area contributed by atoms with Crippen molar-refractivity contribution in [1.29, 1.82) is 0 Å². The molecule has 2 amide bonds. The van der Waals surface area contributed by atoms with Gasteiger partial charge in [-0.25, -0.2) is 0 Å². The molecule has 1 atom stereocenters. The third kappa shape index (κ3) is 5.08. The zero-order valence-corrected chi connectivity index (χ0v) is 19.3. The molecule has 0 saturated heterocycles. The summed E-state index contributed by atoms with van der Waals surface area (Å²) in [5.74, 6) is 0.0988. The quantitative estimate of drug-likeness (QED) is 0.421. The molecule has 31 heavy (non-hydrogen) atoms. The predicted octanol–water partition coefficient (Wildman–Crippen LogP) is 3.56. The number of rotatable bonds is 9. The number of nitrogens with one attached hydrogen (secondary N) is 1. The van der Waals surface area contributed by atoms with Gasteiger partial charge in [-0.2, -0.15) is 0 Å². The first-order chi connectivity index (χ1) is 14.8. The van der Waals surface area contributed by atoms with E-state index in [0.717, 1.165) is 22.6 Å². The van der Waals surface area contributed by atoms with Gasteiger partial charge in [0.25, 0.3) is 5.91 Å². The number of amides is 2. The molecule has 0 spiro atoms. The summed E-state index contributed by atoms with van der Waals surface area (Å²) >= 11 is 2.84. The van der Waals surface area contributed by atoms with E-state index in [0.29, 0.717) is 22.1 Å². The van der Waals surface area contributed by atoms with Crippen molar-refractivity contribution >= 4 is 45.9 Å². The smallest absolute Gasteiger partial charge is 0.251 e. The Hall–Kier alpha value is -2.85. The second-order valence-electron chi connectivity index (χ2n) is 7.06. The highest BCUT2D eigenvalue weighted by atomic mass is 32.2. The summed E-state index contributed by atoms with van der Waals surface area (Å²) < 4.78 is 1.66. The van der Waals surface area contributed by atoms with Crippen molar-refractivity contribution in [2.45, 2.75) is 44.8 Å². The van der Waals surface area contributed by atoms with Crippen LogP contribution in [0.2, 0.25) is 0 Å². The van der Waals surface area contributed by atoms with Crippen LogP contribution in [0, 0.1) is 13.8 Å². The molecule has 10 heteroatoms. The van der Waals surface area contributed by atoms with Crippen LogP contribution in [-0.4, -0.2) is 32.3 Å². The summed E-state index contributed by atoms with van der Waals surface area (Å²) in [6, 6.07) is 9.53. The number of nitrogen functional groups attached to an aromatic ring is 1. The van der Waals surface area contributed by atoms with Gasteiger partial charge in [-0.15, -0.1) is 21.5 Å². The van der Waals surface area contributed by atoms with Crippen LogP contribution < -0.4 is 16.8 Å². The van der Waals surface area contributed by atoms with Gasteiger partial charge in [0.2, 0.25) is 11.9 Å². The van der Waals surface area contributed by atoms with Crippen LogP contribution in [0.1, 0.15) is 45.7 Å². The van der Waals surface area contributed by atoms with Crippen molar-refractivity contribution < 1.29 is 9.59 Å². The average molecular weight is 459 g/mol. The lowest BCUT2D eigenvalue weighted by molar-refractivity contribution is -0.119. The molecule has 0 aliphatic carbocycles. The topological polar surface area (TPSA) is 129 Å². The van der Waals surface area contributed by atoms with Crippen LogP contribution in [0.4, 0.5) is 10.9 Å². The summed E-state index contributed by atoms with van der Waals surface area (Å²) in [5.41, 5.74) is 13.9. The molecule has 0 fully saturated rings. The number of nitrogens with zero attached hydrogens (tertiary/aromatic N) is 3. The summed E-state index contributed by atoms with van der Waals surface area (Å²) in [5, 5.41) is 12.1. The van der Waals surface area contributed by atoms with Gasteiger partial charge in [0.1, 0.15) is 11.0 Å². The Balaban J connectivity index is 1.78. The highest BCUT2D eigenvalue weighted by Gasteiger charge is 2.27. The van der Waals surface area contributed by atoms with Gasteiger partial charge in [-0.05, 0) is 37.8 Å². The Morgan fingerprint density at radius 2 is 1.94 bits per heavy atom. The fraction of sp³-hybridized carbons (Fsp3) is 0.333. The Labute approximate surface area is 189 Å². The van der Waals surface area contributed by atoms with E-state index in [2.05, 4.69) is 27.6 Å². The molecule has 0 saturated carbocycles. The van der Waals surface area contributed by atoms with Gasteiger partial charge in [-0.1, -0.05) is 49.0 Å². The molecule has 3 rings (SSSR count). The summed E-state index contributed by atoms with van der Waals surface area (Å²) in [6.45, 7) is 5.60. The van der Waals surface area contributed by atoms with Gasteiger partial charge in [0.15, 0.2) is 5.16 Å². The number of hydrogen-bond donors (Lipinski definition) is 3. The van der Waals surface area contributed by atoms with Gasteiger partial charge >= 0.3 is 0 Å². The number of carbonyl (C=O) groups excluding carboxylic acids is 2. The van der Waals surface area contributed by atoms with Crippen molar-refractivity contribution in [2.75, 3.05) is 16.8 Å². The second kappa shape index (κ2) is 9.97. The maximum absolute atomic E-state index is 13.1. The van der Waals surface area contributed by atoms with E-state index in [1.165, 1.54) is 28.7 Å². The first-order valence-electron chi connectivity index (χ1n) is 9.91. The fourth-order valence-electron chi connectivity index (χ4n) is 3.28. The Morgan fingerprint density at radius 3 is 2.58 bits per heavy atom. The van der Waals surface area contributed by atoms with Crippen molar-refractivity contribution in [1.82, 2.24) is 14.8 Å². The average Bonchev–Trinajstić information content (AvgIpc) is 3.23. The lowest BCUT2D eigenvalue weighted by Crippen LogP contribution is -2.28. The first-order valence-corrected chi connectivity index (χ1v) is 11.7. The van der Waals surface area contributed by atoms with Crippen molar-refractivity contribution in [2.24, 2.45) is 5.73 Å². The number of aromatic nitrogens is 3. The zero-order chi connectivity index (χ0) is 22.5. The lowest BCUT2D eigenvalue weighted by Gasteiger charge is -2.19. The number of hydrogen-bond acceptors (Lipinski definition) is 7. The number of carbonyl (C=O) groups is 2. The van der Waals surface area contributed by atoms with Crippen LogP contribution in [0.25, 0.3) is 0 Å². The number of thiophene rings is 1. The number of thioether (sulfide) groups is 1. The van der Waals surface area contributed by atoms with Crippen molar-refractivity contribution in [3.05, 3.63) is 51.9 Å². The largest absolute Gasteiger partial charge is 0.368 e. The maximum atomic E-state index is 13.1. The monoisotopic (exact) mass is 458 g/mol. The second-order valence-corrected chi connectivity index (χ2v) is 9.35. The molecule has 1 aromatic carbocycles. The van der Waals surface area contributed by atoms with Crippen LogP contribution in [-0.2, 0) is 11.2 Å². The molecule has 8 nitrogen and oxygen atoms in total. The SMILES string of the molecule is CCC(C(=O)Nc1sc(C)c(C)c1C(N)=O)n1c(N)nnc1SCCc1ccccc1. The van der Waals surface area contributed by atoms with E-state index in [9.17, 15) is 9.59 Å². The molecule has 0 radical (unpaired) electrons. The van der Waals surface area contributed by atoms with Gasteiger partial charge in [-0.3, -0.25) is 14.2 Å². The molecule has 1 unspecified atom stereocenters. The van der Waals surface area contributed by atoms with E-state index in [1.807, 2.05) is 39.0 Å². The summed E-state index contributed by atoms with van der Waals surface area (Å²) in [6.07, 6.45) is 1.34. The molecule has 0 aliphatic rings. The standard InChI is InChI=1S/C21H26N6O2S2/c1-4-15(18(29)24-19-16(17(22)28)12(2)13(3)31-19)27-20(23)25-26-21(27)30-11-10-14-8-6-5-7-9-14/h5-9,15H,4,10-11H2,1-3H3,(H2,22,28)(H2,23,25)(H,24,29). The minimum Gasteiger partial charge on any atom is -0.368 e. The third-order valence-corrected chi connectivity index (χ3v) is 7.09. The number of primary amides is 1. The van der Waals surface area contributed by atoms with Gasteiger partial charge < -0.3 is 16.8 Å². The zero-order valence-electron chi connectivity index (χ0n) is 17.7. The van der Waals surface area contributed by atoms with Crippen molar-refractivity contribution in [3.8, 4) is 0 Å². The molecule has 3 aromatic rings. The Kier molecular flexibility index (Phi) is 7.34. The predicted molar refractivity (Wildman–Crippen MR) is 126 cm³/mol. The summed E-state index contributed by atoms with van der Waals surface area (Å²) in [7, 11) is 0. The first kappa shape index (κ1) is 22.8. The Morgan fingerprint density at radius 1 is 1.23 bits per heavy atom. The van der Waals surface area contributed by atoms with Crippen LogP contribution in [0.5, 0.6) is 0 Å². The van der Waals surface area contributed by atoms with E-state index in [4.69, 9.17) is 11.5 Å². The van der Waals surface area contributed by atoms with Crippen LogP contribution >= 0.6 is 23.1 Å². The van der Waals surface area contributed by atoms with Gasteiger partial charge in [0, 0.05) is 10.6 Å². The molecule has 0 bridgehead atoms. The molecule has 2 heterocycles. The van der Waals surface area contributed by atoms with E-state index in [-0.39, 0.29) is 11.9 Å². The number of aryl methyl sites for hydroxylation is 2. The normalized spacial score (nSPS) is 12.0. The number of nitrogens with two attached hydrogens (primary N) is 2. The fourth-order valence-corrected chi connectivity index (χ4v) is 5.32. The summed E-state index contributed by atoms with van der Waals surface area (Å²) in [4.78, 5) is 25.9. The number of anilines is 2.